The average Bonchev–Trinajstić information content (AvgIpc) is 3.33. The van der Waals surface area contributed by atoms with Gasteiger partial charge in [0.1, 0.15) is 18.8 Å². The molecule has 0 saturated carbocycles. The maximum absolute atomic E-state index is 13.2. The van der Waals surface area contributed by atoms with Crippen LogP contribution in [0.2, 0.25) is 0 Å². The molecule has 37 heavy (non-hydrogen) atoms. The number of hydrogen-bond donors (Lipinski definition) is 3. The molecule has 2 aromatic carbocycles. The monoisotopic (exact) mass is 505 g/mol. The molecule has 194 valence electrons. The van der Waals surface area contributed by atoms with Crippen LogP contribution in [0.15, 0.2) is 42.5 Å². The van der Waals surface area contributed by atoms with Gasteiger partial charge >= 0.3 is 0 Å². The molecule has 4 aromatic rings. The van der Waals surface area contributed by atoms with Gasteiger partial charge in [-0.2, -0.15) is 0 Å². The molecular formula is C28H33N4O5+. The number of aromatic amines is 1. The second-order valence-electron chi connectivity index (χ2n) is 9.09. The van der Waals surface area contributed by atoms with Crippen molar-refractivity contribution in [2.24, 2.45) is 0 Å². The minimum atomic E-state index is -0.196. The average molecular weight is 506 g/mol. The topological polar surface area (TPSA) is 99.1 Å². The largest absolute Gasteiger partial charge is 0.493 e. The summed E-state index contributed by atoms with van der Waals surface area (Å²) in [5.41, 5.74) is 3.55. The predicted octanol–water partition coefficient (Wildman–Crippen LogP) is 2.44. The van der Waals surface area contributed by atoms with Gasteiger partial charge < -0.3 is 34.1 Å². The van der Waals surface area contributed by atoms with Crippen molar-refractivity contribution >= 4 is 27.7 Å². The van der Waals surface area contributed by atoms with Gasteiger partial charge in [-0.3, -0.25) is 4.79 Å². The lowest BCUT2D eigenvalue weighted by Gasteiger charge is -2.23. The number of methoxy groups -OCH3 is 3. The third kappa shape index (κ3) is 5.05. The zero-order chi connectivity index (χ0) is 25.8. The Kier molecular flexibility index (Phi) is 7.43. The van der Waals surface area contributed by atoms with Crippen LogP contribution in [0.4, 0.5) is 0 Å². The zero-order valence-electron chi connectivity index (χ0n) is 21.5. The minimum Gasteiger partial charge on any atom is -0.493 e. The number of nitrogens with zero attached hydrogens (tertiary/aromatic N) is 1. The number of hydrogen-bond acceptors (Lipinski definition) is 6. The third-order valence-corrected chi connectivity index (χ3v) is 6.86. The lowest BCUT2D eigenvalue weighted by atomic mass is 10.0. The van der Waals surface area contributed by atoms with Crippen LogP contribution in [0, 0.1) is 0 Å². The summed E-state index contributed by atoms with van der Waals surface area (Å²) in [6.45, 7) is 5.25. The number of amides is 1. The number of benzene rings is 2. The lowest BCUT2D eigenvalue weighted by Crippen LogP contribution is -3.14. The number of rotatable bonds is 9. The normalized spacial score (nSPS) is 14.1. The van der Waals surface area contributed by atoms with Gasteiger partial charge in [-0.25, -0.2) is 4.98 Å². The maximum atomic E-state index is 13.2. The summed E-state index contributed by atoms with van der Waals surface area (Å²) in [5.74, 6) is 1.34. The maximum Gasteiger partial charge on any atom is 0.269 e. The van der Waals surface area contributed by atoms with E-state index < -0.39 is 0 Å². The van der Waals surface area contributed by atoms with Crippen LogP contribution in [-0.2, 0) is 4.74 Å². The van der Waals surface area contributed by atoms with Crippen molar-refractivity contribution in [2.75, 3.05) is 60.7 Å². The second kappa shape index (κ2) is 11.1. The number of pyridine rings is 1. The molecule has 0 radical (unpaired) electrons. The molecule has 0 aliphatic carbocycles. The molecule has 0 bridgehead atoms. The number of carbonyl (C=O) groups is 1. The summed E-state index contributed by atoms with van der Waals surface area (Å²) >= 11 is 0. The highest BCUT2D eigenvalue weighted by molar-refractivity contribution is 6.13. The fraction of sp³-hybridized carbons (Fsp3) is 0.357. The Morgan fingerprint density at radius 3 is 2.46 bits per heavy atom. The molecule has 1 aliphatic rings. The quantitative estimate of drug-likeness (QED) is 0.302. The van der Waals surface area contributed by atoms with Gasteiger partial charge in [-0.15, -0.1) is 0 Å². The van der Waals surface area contributed by atoms with Crippen molar-refractivity contribution in [1.82, 2.24) is 15.3 Å². The molecule has 9 heteroatoms. The van der Waals surface area contributed by atoms with Crippen LogP contribution in [-0.4, -0.2) is 76.6 Å². The van der Waals surface area contributed by atoms with E-state index in [4.69, 9.17) is 23.9 Å². The van der Waals surface area contributed by atoms with E-state index in [9.17, 15) is 4.79 Å². The van der Waals surface area contributed by atoms with Crippen LogP contribution in [0.5, 0.6) is 17.2 Å². The van der Waals surface area contributed by atoms with E-state index >= 15 is 0 Å². The summed E-state index contributed by atoms with van der Waals surface area (Å²) in [6, 6.07) is 13.6. The molecule has 1 amide bonds. The third-order valence-electron chi connectivity index (χ3n) is 6.86. The number of ether oxygens (including phenoxy) is 4. The Morgan fingerprint density at radius 1 is 1.03 bits per heavy atom. The summed E-state index contributed by atoms with van der Waals surface area (Å²) < 4.78 is 22.1. The SMILES string of the molecule is COc1cc(-c2nc(C(=O)NCCC[NH+]3CCOCC3)cc3c2[nH]c2ccccc23)cc(OC)c1OC. The van der Waals surface area contributed by atoms with Crippen molar-refractivity contribution in [3.8, 4) is 28.5 Å². The van der Waals surface area contributed by atoms with Gasteiger partial charge in [0.25, 0.3) is 5.91 Å². The van der Waals surface area contributed by atoms with Crippen molar-refractivity contribution in [3.63, 3.8) is 0 Å². The molecule has 1 aliphatic heterocycles. The number of aromatic nitrogens is 2. The van der Waals surface area contributed by atoms with Crippen LogP contribution >= 0.6 is 0 Å². The number of quaternary nitrogens is 1. The molecule has 3 N–H and O–H groups in total. The molecule has 1 saturated heterocycles. The molecular weight excluding hydrogens is 472 g/mol. The number of morpholine rings is 1. The molecule has 0 atom stereocenters. The highest BCUT2D eigenvalue weighted by Gasteiger charge is 2.21. The predicted molar refractivity (Wildman–Crippen MR) is 142 cm³/mol. The van der Waals surface area contributed by atoms with Crippen molar-refractivity contribution in [3.05, 3.63) is 48.2 Å². The van der Waals surface area contributed by atoms with Crippen LogP contribution in [0.3, 0.4) is 0 Å². The van der Waals surface area contributed by atoms with Gasteiger partial charge in [0.2, 0.25) is 5.75 Å². The van der Waals surface area contributed by atoms with Crippen molar-refractivity contribution < 1.29 is 28.6 Å². The van der Waals surface area contributed by atoms with E-state index in [2.05, 4.69) is 10.3 Å². The molecule has 9 nitrogen and oxygen atoms in total. The number of para-hydroxylation sites is 1. The first kappa shape index (κ1) is 24.9. The van der Waals surface area contributed by atoms with E-state index in [0.717, 1.165) is 66.6 Å². The Balaban J connectivity index is 1.51. The number of nitrogens with one attached hydrogen (secondary N) is 3. The molecule has 1 fully saturated rings. The van der Waals surface area contributed by atoms with E-state index in [0.29, 0.717) is 35.2 Å². The highest BCUT2D eigenvalue weighted by atomic mass is 16.5. The zero-order valence-corrected chi connectivity index (χ0v) is 21.5. The molecule has 0 spiro atoms. The van der Waals surface area contributed by atoms with E-state index in [-0.39, 0.29) is 5.91 Å². The van der Waals surface area contributed by atoms with Crippen LogP contribution in [0.1, 0.15) is 16.9 Å². The van der Waals surface area contributed by atoms with Gasteiger partial charge in [0.15, 0.2) is 11.5 Å². The minimum absolute atomic E-state index is 0.196. The number of H-pyrrole nitrogens is 1. The van der Waals surface area contributed by atoms with Gasteiger partial charge in [-0.1, -0.05) is 18.2 Å². The van der Waals surface area contributed by atoms with Crippen LogP contribution < -0.4 is 24.4 Å². The van der Waals surface area contributed by atoms with Crippen molar-refractivity contribution in [2.45, 2.75) is 6.42 Å². The molecule has 5 rings (SSSR count). The summed E-state index contributed by atoms with van der Waals surface area (Å²) in [6.07, 6.45) is 0.899. The van der Waals surface area contributed by atoms with E-state index in [1.54, 1.807) is 21.3 Å². The standard InChI is InChI=1S/C28H32N4O5/c1-34-23-15-18(16-24(35-2)27(23)36-3)25-26-20(19-7-4-5-8-21(19)30-26)17-22(31-25)28(33)29-9-6-10-32-11-13-37-14-12-32/h4-5,7-8,15-17,30H,6,9-14H2,1-3H3,(H,29,33)/p+1. The van der Waals surface area contributed by atoms with Gasteiger partial charge in [-0.05, 0) is 24.3 Å². The summed E-state index contributed by atoms with van der Waals surface area (Å²) in [5, 5.41) is 5.01. The summed E-state index contributed by atoms with van der Waals surface area (Å²) in [4.78, 5) is 23.1. The Hall–Kier alpha value is -3.82. The number of fused-ring (bicyclic) bond motifs is 3. The lowest BCUT2D eigenvalue weighted by molar-refractivity contribution is -0.908. The smallest absolute Gasteiger partial charge is 0.269 e. The Morgan fingerprint density at radius 2 is 1.76 bits per heavy atom. The second-order valence-corrected chi connectivity index (χ2v) is 9.09. The molecule has 3 heterocycles. The fourth-order valence-corrected chi connectivity index (χ4v) is 4.93. The van der Waals surface area contributed by atoms with Crippen LogP contribution in [0.25, 0.3) is 33.1 Å². The molecule has 2 aromatic heterocycles. The fourth-order valence-electron chi connectivity index (χ4n) is 4.93. The Bertz CT molecular complexity index is 1390. The van der Waals surface area contributed by atoms with E-state index in [1.165, 1.54) is 4.90 Å². The Labute approximate surface area is 215 Å². The van der Waals surface area contributed by atoms with E-state index in [1.807, 2.05) is 42.5 Å². The first-order chi connectivity index (χ1) is 18.1. The van der Waals surface area contributed by atoms with Gasteiger partial charge in [0, 0.05) is 34.8 Å². The highest BCUT2D eigenvalue weighted by Crippen LogP contribution is 2.42. The first-order valence-corrected chi connectivity index (χ1v) is 12.5. The summed E-state index contributed by atoms with van der Waals surface area (Å²) in [7, 11) is 4.73. The first-order valence-electron chi connectivity index (χ1n) is 12.5. The van der Waals surface area contributed by atoms with Crippen molar-refractivity contribution in [1.29, 1.82) is 0 Å². The van der Waals surface area contributed by atoms with Gasteiger partial charge in [0.05, 0.1) is 52.3 Å². The number of carbonyl (C=O) groups excluding carboxylic acids is 1. The molecule has 0 unspecified atom stereocenters.